The highest BCUT2D eigenvalue weighted by Crippen LogP contribution is 2.25. The van der Waals surface area contributed by atoms with Crippen LogP contribution < -0.4 is 10.1 Å². The molecule has 0 amide bonds. The molecule has 0 saturated carbocycles. The minimum absolute atomic E-state index is 0.107. The molecule has 1 N–H and O–H groups in total. The smallest absolute Gasteiger partial charge is 0.159 e. The Hall–Kier alpha value is -0.810. The second kappa shape index (κ2) is 7.84. The first-order valence-electron chi connectivity index (χ1n) is 7.02. The number of likely N-dealkylation sites (N-methyl/N-ethyl adjacent to an activating group) is 1. The van der Waals surface area contributed by atoms with Crippen LogP contribution in [-0.2, 0) is 15.9 Å². The lowest BCUT2D eigenvalue weighted by molar-refractivity contribution is -0.0525. The fourth-order valence-corrected chi connectivity index (χ4v) is 2.67. The highest BCUT2D eigenvalue weighted by Gasteiger charge is 2.22. The topological polar surface area (TPSA) is 39.7 Å². The average Bonchev–Trinajstić information content (AvgIpc) is 2.92. The lowest BCUT2D eigenvalue weighted by Gasteiger charge is -2.22. The van der Waals surface area contributed by atoms with Crippen molar-refractivity contribution in [2.45, 2.75) is 32.1 Å². The van der Waals surface area contributed by atoms with E-state index in [2.05, 4.69) is 12.2 Å². The molecule has 5 heteroatoms. The standard InChI is InChI=1S/C15H22ClNO3/c1-3-17-13(10-15-19-6-7-20-15)9-11-8-12(16)4-5-14(11)18-2/h4-5,8,13,15,17H,3,6-7,9-10H2,1-2H3. The summed E-state index contributed by atoms with van der Waals surface area (Å²) in [6.07, 6.45) is 1.55. The maximum Gasteiger partial charge on any atom is 0.159 e. The minimum Gasteiger partial charge on any atom is -0.496 e. The second-order valence-electron chi connectivity index (χ2n) is 4.82. The quantitative estimate of drug-likeness (QED) is 0.840. The summed E-state index contributed by atoms with van der Waals surface area (Å²) in [5, 5.41) is 4.20. The molecule has 0 bridgehead atoms. The van der Waals surface area contributed by atoms with E-state index >= 15 is 0 Å². The maximum absolute atomic E-state index is 6.08. The molecule has 1 aliphatic rings. The highest BCUT2D eigenvalue weighted by atomic mass is 35.5. The van der Waals surface area contributed by atoms with Crippen LogP contribution in [0, 0.1) is 0 Å². The monoisotopic (exact) mass is 299 g/mol. The Labute approximate surface area is 125 Å². The van der Waals surface area contributed by atoms with Gasteiger partial charge in [0.1, 0.15) is 5.75 Å². The molecule has 1 atom stereocenters. The van der Waals surface area contributed by atoms with Crippen molar-refractivity contribution in [1.82, 2.24) is 5.32 Å². The first-order chi connectivity index (χ1) is 9.72. The zero-order chi connectivity index (χ0) is 14.4. The van der Waals surface area contributed by atoms with E-state index in [1.165, 1.54) is 0 Å². The molecule has 1 aromatic carbocycles. The third-order valence-corrected chi connectivity index (χ3v) is 3.60. The Kier molecular flexibility index (Phi) is 6.10. The van der Waals surface area contributed by atoms with Crippen LogP contribution in [0.2, 0.25) is 5.02 Å². The number of rotatable bonds is 7. The normalized spacial score (nSPS) is 17.4. The molecule has 4 nitrogen and oxygen atoms in total. The first kappa shape index (κ1) is 15.6. The van der Waals surface area contributed by atoms with Gasteiger partial charge in [-0.3, -0.25) is 0 Å². The lowest BCUT2D eigenvalue weighted by Crippen LogP contribution is -2.35. The van der Waals surface area contributed by atoms with Crippen molar-refractivity contribution in [2.75, 3.05) is 26.9 Å². The van der Waals surface area contributed by atoms with Crippen molar-refractivity contribution in [3.05, 3.63) is 28.8 Å². The molecule has 0 aliphatic carbocycles. The van der Waals surface area contributed by atoms with Crippen molar-refractivity contribution in [3.63, 3.8) is 0 Å². The Morgan fingerprint density at radius 3 is 2.80 bits per heavy atom. The van der Waals surface area contributed by atoms with Crippen LogP contribution in [0.25, 0.3) is 0 Å². The van der Waals surface area contributed by atoms with Gasteiger partial charge in [-0.1, -0.05) is 18.5 Å². The predicted octanol–water partition coefficient (Wildman–Crippen LogP) is 2.63. The first-order valence-corrected chi connectivity index (χ1v) is 7.39. The van der Waals surface area contributed by atoms with Crippen molar-refractivity contribution in [2.24, 2.45) is 0 Å². The molecule has 1 saturated heterocycles. The summed E-state index contributed by atoms with van der Waals surface area (Å²) < 4.78 is 16.5. The third kappa shape index (κ3) is 4.35. The van der Waals surface area contributed by atoms with Gasteiger partial charge in [0.25, 0.3) is 0 Å². The van der Waals surface area contributed by atoms with Gasteiger partial charge < -0.3 is 19.5 Å². The number of benzene rings is 1. The Morgan fingerprint density at radius 1 is 1.40 bits per heavy atom. The molecular formula is C15H22ClNO3. The molecule has 1 fully saturated rings. The fraction of sp³-hybridized carbons (Fsp3) is 0.600. The molecule has 1 aromatic rings. The number of ether oxygens (including phenoxy) is 3. The molecule has 1 unspecified atom stereocenters. The third-order valence-electron chi connectivity index (χ3n) is 3.37. The molecule has 112 valence electrons. The van der Waals surface area contributed by atoms with Crippen LogP contribution in [-0.4, -0.2) is 39.2 Å². The molecule has 20 heavy (non-hydrogen) atoms. The van der Waals surface area contributed by atoms with Gasteiger partial charge in [-0.15, -0.1) is 0 Å². The molecule has 2 rings (SSSR count). The van der Waals surface area contributed by atoms with Crippen molar-refractivity contribution in [1.29, 1.82) is 0 Å². The molecule has 1 heterocycles. The van der Waals surface area contributed by atoms with Gasteiger partial charge in [0.05, 0.1) is 20.3 Å². The van der Waals surface area contributed by atoms with E-state index in [9.17, 15) is 0 Å². The molecule has 0 spiro atoms. The van der Waals surface area contributed by atoms with E-state index in [0.29, 0.717) is 13.2 Å². The van der Waals surface area contributed by atoms with Gasteiger partial charge in [0, 0.05) is 17.5 Å². The maximum atomic E-state index is 6.08. The predicted molar refractivity (Wildman–Crippen MR) is 79.5 cm³/mol. The lowest BCUT2D eigenvalue weighted by atomic mass is 10.0. The van der Waals surface area contributed by atoms with Crippen LogP contribution in [0.3, 0.4) is 0 Å². The average molecular weight is 300 g/mol. The van der Waals surface area contributed by atoms with Crippen LogP contribution >= 0.6 is 11.6 Å². The SMILES string of the molecule is CCNC(Cc1cc(Cl)ccc1OC)CC1OCCO1. The zero-order valence-electron chi connectivity index (χ0n) is 12.0. The Bertz CT molecular complexity index is 422. The summed E-state index contributed by atoms with van der Waals surface area (Å²) in [5.74, 6) is 0.866. The number of halogens is 1. The molecule has 0 radical (unpaired) electrons. The van der Waals surface area contributed by atoms with Gasteiger partial charge in [-0.2, -0.15) is 0 Å². The van der Waals surface area contributed by atoms with E-state index in [0.717, 1.165) is 35.7 Å². The number of hydrogen-bond donors (Lipinski definition) is 1. The molecule has 0 aromatic heterocycles. The molecule has 1 aliphatic heterocycles. The summed E-state index contributed by atoms with van der Waals surface area (Å²) in [6, 6.07) is 5.98. The van der Waals surface area contributed by atoms with Crippen LogP contribution in [0.1, 0.15) is 18.9 Å². The van der Waals surface area contributed by atoms with Gasteiger partial charge in [0.15, 0.2) is 6.29 Å². The van der Waals surface area contributed by atoms with Crippen LogP contribution in [0.5, 0.6) is 5.75 Å². The summed E-state index contributed by atoms with van der Waals surface area (Å²) >= 11 is 6.08. The summed E-state index contributed by atoms with van der Waals surface area (Å²) in [4.78, 5) is 0. The van der Waals surface area contributed by atoms with E-state index in [4.69, 9.17) is 25.8 Å². The van der Waals surface area contributed by atoms with E-state index in [-0.39, 0.29) is 12.3 Å². The highest BCUT2D eigenvalue weighted by molar-refractivity contribution is 6.30. The van der Waals surface area contributed by atoms with Crippen molar-refractivity contribution >= 4 is 11.6 Å². The van der Waals surface area contributed by atoms with Crippen molar-refractivity contribution < 1.29 is 14.2 Å². The molecular weight excluding hydrogens is 278 g/mol. The number of methoxy groups -OCH3 is 1. The van der Waals surface area contributed by atoms with Gasteiger partial charge in [-0.25, -0.2) is 0 Å². The summed E-state index contributed by atoms with van der Waals surface area (Å²) in [7, 11) is 1.68. The van der Waals surface area contributed by atoms with Crippen molar-refractivity contribution in [3.8, 4) is 5.75 Å². The second-order valence-corrected chi connectivity index (χ2v) is 5.26. The van der Waals surface area contributed by atoms with Gasteiger partial charge in [0.2, 0.25) is 0 Å². The van der Waals surface area contributed by atoms with Crippen LogP contribution in [0.15, 0.2) is 18.2 Å². The van der Waals surface area contributed by atoms with Crippen LogP contribution in [0.4, 0.5) is 0 Å². The minimum atomic E-state index is -0.107. The van der Waals surface area contributed by atoms with Gasteiger partial charge >= 0.3 is 0 Å². The zero-order valence-corrected chi connectivity index (χ0v) is 12.8. The van der Waals surface area contributed by atoms with E-state index < -0.39 is 0 Å². The van der Waals surface area contributed by atoms with Gasteiger partial charge in [-0.05, 0) is 36.7 Å². The number of nitrogens with one attached hydrogen (secondary N) is 1. The summed E-state index contributed by atoms with van der Waals surface area (Å²) in [6.45, 7) is 4.37. The van der Waals surface area contributed by atoms with E-state index in [1.54, 1.807) is 7.11 Å². The fourth-order valence-electron chi connectivity index (χ4n) is 2.48. The Balaban J connectivity index is 2.04. The Morgan fingerprint density at radius 2 is 2.15 bits per heavy atom. The van der Waals surface area contributed by atoms with E-state index in [1.807, 2.05) is 18.2 Å². The number of hydrogen-bond acceptors (Lipinski definition) is 4. The summed E-state index contributed by atoms with van der Waals surface area (Å²) in [5.41, 5.74) is 1.10. The largest absolute Gasteiger partial charge is 0.496 e.